The van der Waals surface area contributed by atoms with Gasteiger partial charge in [-0.3, -0.25) is 9.78 Å². The number of aromatic nitrogens is 1. The van der Waals surface area contributed by atoms with Crippen LogP contribution in [0.1, 0.15) is 34.5 Å². The minimum atomic E-state index is -0.466. The number of nitrogens with one attached hydrogen (secondary N) is 1. The molecule has 0 bridgehead atoms. The highest BCUT2D eigenvalue weighted by atomic mass is 35.5. The zero-order valence-electron chi connectivity index (χ0n) is 13.5. The van der Waals surface area contributed by atoms with E-state index >= 15 is 0 Å². The van der Waals surface area contributed by atoms with Gasteiger partial charge in [-0.25, -0.2) is 4.39 Å². The molecule has 1 N–H and O–H groups in total. The van der Waals surface area contributed by atoms with E-state index in [1.165, 1.54) is 12.1 Å². The van der Waals surface area contributed by atoms with E-state index in [1.54, 1.807) is 24.3 Å². The van der Waals surface area contributed by atoms with Gasteiger partial charge in [-0.2, -0.15) is 0 Å². The van der Waals surface area contributed by atoms with Gasteiger partial charge < -0.3 is 5.32 Å². The summed E-state index contributed by atoms with van der Waals surface area (Å²) < 4.78 is 13.7. The first kappa shape index (κ1) is 16.0. The summed E-state index contributed by atoms with van der Waals surface area (Å²) in [6, 6.07) is 11.3. The number of aryl methyl sites for hydroxylation is 1. The Bertz CT molecular complexity index is 987. The Morgan fingerprint density at radius 2 is 1.92 bits per heavy atom. The molecular weight excluding hydrogens is 339 g/mol. The summed E-state index contributed by atoms with van der Waals surface area (Å²) in [5.41, 5.74) is 3.44. The molecular formula is C20H16ClFN2O. The fourth-order valence-electron chi connectivity index (χ4n) is 3.27. The number of para-hydroxylation sites is 1. The van der Waals surface area contributed by atoms with Crippen LogP contribution in [0.3, 0.4) is 0 Å². The molecule has 0 spiro atoms. The van der Waals surface area contributed by atoms with Crippen molar-refractivity contribution < 1.29 is 9.18 Å². The van der Waals surface area contributed by atoms with Crippen LogP contribution in [-0.4, -0.2) is 10.9 Å². The van der Waals surface area contributed by atoms with Gasteiger partial charge in [0.15, 0.2) is 0 Å². The lowest BCUT2D eigenvalue weighted by Crippen LogP contribution is -2.13. The van der Waals surface area contributed by atoms with Gasteiger partial charge in [0, 0.05) is 16.6 Å². The molecule has 0 fully saturated rings. The predicted molar refractivity (Wildman–Crippen MR) is 97.7 cm³/mol. The lowest BCUT2D eigenvalue weighted by molar-refractivity contribution is 0.102. The number of halogens is 2. The summed E-state index contributed by atoms with van der Waals surface area (Å²) in [6.45, 7) is 0. The third-order valence-electron chi connectivity index (χ3n) is 4.58. The summed E-state index contributed by atoms with van der Waals surface area (Å²) >= 11 is 6.55. The van der Waals surface area contributed by atoms with Crippen molar-refractivity contribution >= 4 is 34.1 Å². The first-order valence-electron chi connectivity index (χ1n) is 8.30. The number of rotatable bonds is 2. The van der Waals surface area contributed by atoms with E-state index < -0.39 is 5.82 Å². The van der Waals surface area contributed by atoms with Crippen LogP contribution in [0.5, 0.6) is 0 Å². The number of carbonyl (C=O) groups excluding carboxylic acids is 1. The number of hydrogen-bond donors (Lipinski definition) is 1. The van der Waals surface area contributed by atoms with Crippen LogP contribution in [0.2, 0.25) is 5.02 Å². The van der Waals surface area contributed by atoms with Crippen LogP contribution in [0.25, 0.3) is 10.9 Å². The van der Waals surface area contributed by atoms with Crippen LogP contribution < -0.4 is 5.32 Å². The molecule has 1 heterocycles. The average molecular weight is 355 g/mol. The first-order chi connectivity index (χ1) is 12.1. The molecule has 1 amide bonds. The Morgan fingerprint density at radius 3 is 2.76 bits per heavy atom. The zero-order chi connectivity index (χ0) is 17.4. The molecule has 1 aliphatic rings. The number of pyridine rings is 1. The minimum absolute atomic E-state index is 0.157. The SMILES string of the molecule is O=C(Nc1ccccc1F)c1ccc2c(Cl)c3c(nc2c1)CCCC3. The smallest absolute Gasteiger partial charge is 0.255 e. The summed E-state index contributed by atoms with van der Waals surface area (Å²) in [4.78, 5) is 17.2. The normalized spacial score (nSPS) is 13.5. The molecule has 1 aliphatic carbocycles. The number of carbonyl (C=O) groups is 1. The molecule has 2 aromatic carbocycles. The van der Waals surface area contributed by atoms with E-state index in [0.29, 0.717) is 11.1 Å². The number of benzene rings is 2. The molecule has 25 heavy (non-hydrogen) atoms. The van der Waals surface area contributed by atoms with Crippen molar-refractivity contribution in [3.8, 4) is 0 Å². The van der Waals surface area contributed by atoms with Gasteiger partial charge in [0.05, 0.1) is 16.2 Å². The number of anilines is 1. The number of hydrogen-bond acceptors (Lipinski definition) is 2. The molecule has 5 heteroatoms. The Morgan fingerprint density at radius 1 is 1.12 bits per heavy atom. The molecule has 0 saturated carbocycles. The van der Waals surface area contributed by atoms with Gasteiger partial charge in [-0.05, 0) is 55.5 Å². The van der Waals surface area contributed by atoms with E-state index in [0.717, 1.165) is 47.3 Å². The van der Waals surface area contributed by atoms with Gasteiger partial charge >= 0.3 is 0 Å². The van der Waals surface area contributed by atoms with Crippen molar-refractivity contribution in [3.63, 3.8) is 0 Å². The van der Waals surface area contributed by atoms with E-state index in [4.69, 9.17) is 16.6 Å². The zero-order valence-corrected chi connectivity index (χ0v) is 14.2. The molecule has 0 unspecified atom stereocenters. The highest BCUT2D eigenvalue weighted by Gasteiger charge is 2.18. The second-order valence-corrected chi connectivity index (χ2v) is 6.60. The quantitative estimate of drug-likeness (QED) is 0.690. The van der Waals surface area contributed by atoms with Crippen molar-refractivity contribution in [1.29, 1.82) is 0 Å². The Hall–Kier alpha value is -2.46. The van der Waals surface area contributed by atoms with Gasteiger partial charge in [0.2, 0.25) is 0 Å². The van der Waals surface area contributed by atoms with Gasteiger partial charge in [-0.15, -0.1) is 0 Å². The fourth-order valence-corrected chi connectivity index (χ4v) is 3.63. The lowest BCUT2D eigenvalue weighted by atomic mass is 9.94. The monoisotopic (exact) mass is 354 g/mol. The predicted octanol–water partition coefficient (Wildman–Crippen LogP) is 5.16. The van der Waals surface area contributed by atoms with Crippen molar-refractivity contribution in [3.05, 3.63) is 70.1 Å². The molecule has 0 aliphatic heterocycles. The van der Waals surface area contributed by atoms with Crippen molar-refractivity contribution in [2.24, 2.45) is 0 Å². The van der Waals surface area contributed by atoms with E-state index in [2.05, 4.69) is 5.32 Å². The van der Waals surface area contributed by atoms with Gasteiger partial charge in [0.25, 0.3) is 5.91 Å². The van der Waals surface area contributed by atoms with Crippen LogP contribution >= 0.6 is 11.6 Å². The minimum Gasteiger partial charge on any atom is -0.319 e. The van der Waals surface area contributed by atoms with Crippen LogP contribution in [0, 0.1) is 5.82 Å². The number of amides is 1. The number of fused-ring (bicyclic) bond motifs is 2. The molecule has 0 atom stereocenters. The molecule has 0 saturated heterocycles. The summed E-state index contributed by atoms with van der Waals surface area (Å²) in [5, 5.41) is 4.18. The second-order valence-electron chi connectivity index (χ2n) is 6.22. The highest BCUT2D eigenvalue weighted by molar-refractivity contribution is 6.36. The van der Waals surface area contributed by atoms with Gasteiger partial charge in [0.1, 0.15) is 5.82 Å². The van der Waals surface area contributed by atoms with Crippen molar-refractivity contribution in [2.75, 3.05) is 5.32 Å². The average Bonchev–Trinajstić information content (AvgIpc) is 2.63. The fraction of sp³-hybridized carbons (Fsp3) is 0.200. The van der Waals surface area contributed by atoms with Crippen molar-refractivity contribution in [1.82, 2.24) is 4.98 Å². The standard InChI is InChI=1S/C20H16ClFN2O/c21-19-13-5-1-3-7-16(13)23-18-11-12(9-10-14(18)19)20(25)24-17-8-4-2-6-15(17)22/h2,4,6,8-11H,1,3,5,7H2,(H,24,25). The second kappa shape index (κ2) is 6.45. The highest BCUT2D eigenvalue weighted by Crippen LogP contribution is 2.33. The lowest BCUT2D eigenvalue weighted by Gasteiger charge is -2.18. The third-order valence-corrected chi connectivity index (χ3v) is 5.01. The Kier molecular flexibility index (Phi) is 4.14. The topological polar surface area (TPSA) is 42.0 Å². The van der Waals surface area contributed by atoms with E-state index in [-0.39, 0.29) is 11.6 Å². The summed E-state index contributed by atoms with van der Waals surface area (Å²) in [6.07, 6.45) is 4.10. The molecule has 3 nitrogen and oxygen atoms in total. The summed E-state index contributed by atoms with van der Waals surface area (Å²) in [7, 11) is 0. The molecule has 4 rings (SSSR count). The molecule has 1 aromatic heterocycles. The Balaban J connectivity index is 1.71. The molecule has 0 radical (unpaired) electrons. The van der Waals surface area contributed by atoms with Gasteiger partial charge in [-0.1, -0.05) is 29.8 Å². The maximum Gasteiger partial charge on any atom is 0.255 e. The maximum absolute atomic E-state index is 13.7. The first-order valence-corrected chi connectivity index (χ1v) is 8.68. The third kappa shape index (κ3) is 2.98. The van der Waals surface area contributed by atoms with Crippen LogP contribution in [-0.2, 0) is 12.8 Å². The van der Waals surface area contributed by atoms with E-state index in [9.17, 15) is 9.18 Å². The molecule has 3 aromatic rings. The van der Waals surface area contributed by atoms with Crippen LogP contribution in [0.15, 0.2) is 42.5 Å². The maximum atomic E-state index is 13.7. The molecule has 126 valence electrons. The largest absolute Gasteiger partial charge is 0.319 e. The van der Waals surface area contributed by atoms with E-state index in [1.807, 2.05) is 6.07 Å². The van der Waals surface area contributed by atoms with Crippen molar-refractivity contribution in [2.45, 2.75) is 25.7 Å². The Labute approximate surface area is 149 Å². The summed E-state index contributed by atoms with van der Waals surface area (Å²) in [5.74, 6) is -0.838. The van der Waals surface area contributed by atoms with Crippen LogP contribution in [0.4, 0.5) is 10.1 Å². The number of nitrogens with zero attached hydrogens (tertiary/aromatic N) is 1.